The fraction of sp³-hybridized carbons (Fsp3) is 0.474. The van der Waals surface area contributed by atoms with Crippen LogP contribution in [0.3, 0.4) is 0 Å². The molecule has 1 unspecified atom stereocenters. The molecule has 0 amide bonds. The van der Waals surface area contributed by atoms with E-state index in [1.807, 2.05) is 0 Å². The summed E-state index contributed by atoms with van der Waals surface area (Å²) >= 11 is 0. The minimum absolute atomic E-state index is 0.487. The molecule has 0 aliphatic heterocycles. The van der Waals surface area contributed by atoms with E-state index in [0.29, 0.717) is 6.04 Å². The highest BCUT2D eigenvalue weighted by Gasteiger charge is 2.10. The molecular weight excluding hydrogens is 256 g/mol. The van der Waals surface area contributed by atoms with Crippen LogP contribution in [0.25, 0.3) is 0 Å². The maximum absolute atomic E-state index is 3.58. The minimum Gasteiger partial charge on any atom is -0.350 e. The molecule has 21 heavy (non-hydrogen) atoms. The summed E-state index contributed by atoms with van der Waals surface area (Å²) in [7, 11) is 0. The zero-order valence-corrected chi connectivity index (χ0v) is 13.8. The van der Waals surface area contributed by atoms with Crippen molar-refractivity contribution in [2.45, 2.75) is 53.1 Å². The zero-order chi connectivity index (χ0) is 15.2. The molecule has 2 rings (SSSR count). The highest BCUT2D eigenvalue weighted by atomic mass is 15.0. The average Bonchev–Trinajstić information content (AvgIpc) is 2.85. The predicted octanol–water partition coefficient (Wildman–Crippen LogP) is 4.60. The van der Waals surface area contributed by atoms with Crippen molar-refractivity contribution in [3.63, 3.8) is 0 Å². The van der Waals surface area contributed by atoms with Gasteiger partial charge in [0.2, 0.25) is 0 Å². The first-order valence-electron chi connectivity index (χ1n) is 8.08. The molecule has 0 radical (unpaired) electrons. The van der Waals surface area contributed by atoms with Crippen LogP contribution in [-0.2, 0) is 6.54 Å². The Morgan fingerprint density at radius 2 is 1.81 bits per heavy atom. The van der Waals surface area contributed by atoms with E-state index in [2.05, 4.69) is 74.2 Å². The number of hydrogen-bond donors (Lipinski definition) is 1. The molecule has 1 aromatic heterocycles. The molecule has 1 heterocycles. The first kappa shape index (κ1) is 15.8. The van der Waals surface area contributed by atoms with Crippen LogP contribution in [0.4, 0.5) is 0 Å². The fourth-order valence-corrected chi connectivity index (χ4v) is 3.06. The number of aryl methyl sites for hydroxylation is 2. The third-order valence-corrected chi connectivity index (χ3v) is 3.85. The van der Waals surface area contributed by atoms with Gasteiger partial charge in [0.25, 0.3) is 0 Å². The predicted molar refractivity (Wildman–Crippen MR) is 90.8 cm³/mol. The number of nitrogens with one attached hydrogen (secondary N) is 1. The van der Waals surface area contributed by atoms with Crippen LogP contribution in [0.5, 0.6) is 0 Å². The lowest BCUT2D eigenvalue weighted by Crippen LogP contribution is -2.20. The second kappa shape index (κ2) is 7.46. The molecule has 0 saturated carbocycles. The molecule has 0 spiro atoms. The second-order valence-corrected chi connectivity index (χ2v) is 6.01. The average molecular weight is 284 g/mol. The molecule has 1 aromatic carbocycles. The van der Waals surface area contributed by atoms with Crippen molar-refractivity contribution in [2.24, 2.45) is 0 Å². The summed E-state index contributed by atoms with van der Waals surface area (Å²) < 4.78 is 2.30. The van der Waals surface area contributed by atoms with Crippen molar-refractivity contribution < 1.29 is 0 Å². The first-order chi connectivity index (χ1) is 10.1. The number of rotatable bonds is 7. The van der Waals surface area contributed by atoms with Crippen molar-refractivity contribution in [3.8, 4) is 0 Å². The molecule has 0 saturated heterocycles. The summed E-state index contributed by atoms with van der Waals surface area (Å²) in [6, 6.07) is 9.53. The van der Waals surface area contributed by atoms with Crippen LogP contribution < -0.4 is 5.32 Å². The van der Waals surface area contributed by atoms with E-state index in [1.54, 1.807) is 0 Å². The Hall–Kier alpha value is -1.54. The maximum atomic E-state index is 3.58. The van der Waals surface area contributed by atoms with Crippen LogP contribution in [0, 0.1) is 13.8 Å². The summed E-state index contributed by atoms with van der Waals surface area (Å²) in [5.41, 5.74) is 5.47. The molecule has 0 bridgehead atoms. The molecule has 2 heteroatoms. The van der Waals surface area contributed by atoms with Gasteiger partial charge in [-0.25, -0.2) is 0 Å². The molecule has 0 aliphatic rings. The Labute approximate surface area is 129 Å². The van der Waals surface area contributed by atoms with Gasteiger partial charge in [-0.05, 0) is 44.0 Å². The Morgan fingerprint density at radius 3 is 2.43 bits per heavy atom. The van der Waals surface area contributed by atoms with Gasteiger partial charge in [-0.1, -0.05) is 49.6 Å². The lowest BCUT2D eigenvalue weighted by molar-refractivity contribution is 0.508. The van der Waals surface area contributed by atoms with E-state index in [4.69, 9.17) is 0 Å². The summed E-state index contributed by atoms with van der Waals surface area (Å²) in [5, 5.41) is 3.58. The quantitative estimate of drug-likeness (QED) is 0.786. The SMILES string of the molecule is CCCC(NCC)c1ccn(Cc2cc(C)cc(C)c2)c1. The van der Waals surface area contributed by atoms with Crippen molar-refractivity contribution in [1.29, 1.82) is 0 Å². The van der Waals surface area contributed by atoms with Gasteiger partial charge in [-0.2, -0.15) is 0 Å². The molecule has 2 aromatic rings. The highest BCUT2D eigenvalue weighted by molar-refractivity contribution is 5.29. The van der Waals surface area contributed by atoms with Crippen LogP contribution in [0.2, 0.25) is 0 Å². The smallest absolute Gasteiger partial charge is 0.0470 e. The minimum atomic E-state index is 0.487. The molecule has 0 aliphatic carbocycles. The largest absolute Gasteiger partial charge is 0.350 e. The van der Waals surface area contributed by atoms with E-state index in [1.165, 1.54) is 35.1 Å². The second-order valence-electron chi connectivity index (χ2n) is 6.01. The molecule has 1 N–H and O–H groups in total. The summed E-state index contributed by atoms with van der Waals surface area (Å²) in [5.74, 6) is 0. The summed E-state index contributed by atoms with van der Waals surface area (Å²) in [4.78, 5) is 0. The Bertz CT molecular complexity index is 542. The van der Waals surface area contributed by atoms with E-state index >= 15 is 0 Å². The standard InChI is InChI=1S/C19H28N2/c1-5-7-19(20-6-2)18-8-9-21(14-18)13-17-11-15(3)10-16(4)12-17/h8-12,14,19-20H,5-7,13H2,1-4H3. The number of benzene rings is 1. The third kappa shape index (κ3) is 4.47. The molecule has 0 fully saturated rings. The lowest BCUT2D eigenvalue weighted by Gasteiger charge is -2.15. The Balaban J connectivity index is 2.11. The van der Waals surface area contributed by atoms with Gasteiger partial charge in [0.15, 0.2) is 0 Å². The molecule has 114 valence electrons. The number of aromatic nitrogens is 1. The topological polar surface area (TPSA) is 17.0 Å². The van der Waals surface area contributed by atoms with E-state index in [9.17, 15) is 0 Å². The van der Waals surface area contributed by atoms with Gasteiger partial charge < -0.3 is 9.88 Å². The van der Waals surface area contributed by atoms with Crippen LogP contribution in [0.1, 0.15) is 55.0 Å². The van der Waals surface area contributed by atoms with E-state index < -0.39 is 0 Å². The summed E-state index contributed by atoms with van der Waals surface area (Å²) in [6.07, 6.45) is 6.90. The van der Waals surface area contributed by atoms with Crippen LogP contribution in [0.15, 0.2) is 36.7 Å². The van der Waals surface area contributed by atoms with Crippen LogP contribution in [-0.4, -0.2) is 11.1 Å². The van der Waals surface area contributed by atoms with E-state index in [-0.39, 0.29) is 0 Å². The monoisotopic (exact) mass is 284 g/mol. The fourth-order valence-electron chi connectivity index (χ4n) is 3.06. The first-order valence-corrected chi connectivity index (χ1v) is 8.08. The summed E-state index contributed by atoms with van der Waals surface area (Å²) in [6.45, 7) is 10.7. The van der Waals surface area contributed by atoms with Gasteiger partial charge in [0.1, 0.15) is 0 Å². The maximum Gasteiger partial charge on any atom is 0.0470 e. The molecular formula is C19H28N2. The van der Waals surface area contributed by atoms with Gasteiger partial charge in [-0.15, -0.1) is 0 Å². The molecule has 2 nitrogen and oxygen atoms in total. The van der Waals surface area contributed by atoms with Crippen molar-refractivity contribution in [1.82, 2.24) is 9.88 Å². The van der Waals surface area contributed by atoms with E-state index in [0.717, 1.165) is 13.1 Å². The Kier molecular flexibility index (Phi) is 5.63. The van der Waals surface area contributed by atoms with Crippen LogP contribution >= 0.6 is 0 Å². The third-order valence-electron chi connectivity index (χ3n) is 3.85. The zero-order valence-electron chi connectivity index (χ0n) is 13.8. The van der Waals surface area contributed by atoms with Gasteiger partial charge in [-0.3, -0.25) is 0 Å². The lowest BCUT2D eigenvalue weighted by atomic mass is 10.1. The van der Waals surface area contributed by atoms with Gasteiger partial charge >= 0.3 is 0 Å². The normalized spacial score (nSPS) is 12.6. The highest BCUT2D eigenvalue weighted by Crippen LogP contribution is 2.19. The van der Waals surface area contributed by atoms with Crippen molar-refractivity contribution in [3.05, 3.63) is 58.9 Å². The Morgan fingerprint density at radius 1 is 1.10 bits per heavy atom. The number of hydrogen-bond acceptors (Lipinski definition) is 1. The van der Waals surface area contributed by atoms with Crippen molar-refractivity contribution in [2.75, 3.05) is 6.54 Å². The van der Waals surface area contributed by atoms with Crippen molar-refractivity contribution >= 4 is 0 Å². The number of nitrogens with zero attached hydrogens (tertiary/aromatic N) is 1. The molecule has 1 atom stereocenters. The van der Waals surface area contributed by atoms with Gasteiger partial charge in [0.05, 0.1) is 0 Å². The van der Waals surface area contributed by atoms with Gasteiger partial charge in [0, 0.05) is 25.0 Å².